The Kier molecular flexibility index (Phi) is 7.46. The Morgan fingerprint density at radius 3 is 1.77 bits per heavy atom. The van der Waals surface area contributed by atoms with Crippen LogP contribution in [0.4, 0.5) is 0 Å². The second-order valence-electron chi connectivity index (χ2n) is 15.2. The Balaban J connectivity index is 1.15. The maximum atomic E-state index is 11.2. The highest BCUT2D eigenvalue weighted by atomic mass is 16.3. The average molecular weight is 772 g/mol. The predicted molar refractivity (Wildman–Crippen MR) is 242 cm³/mol. The third-order valence-corrected chi connectivity index (χ3v) is 11.7. The molecule has 0 bridgehead atoms. The lowest BCUT2D eigenvalue weighted by Crippen LogP contribution is -2.08. The molecule has 0 aliphatic rings. The van der Waals surface area contributed by atoms with E-state index in [2.05, 4.69) is 97.9 Å². The van der Waals surface area contributed by atoms with Gasteiger partial charge in [-0.2, -0.15) is 9.97 Å². The SMILES string of the molecule is Cc1cccc(-c2nc3ccccc3n2-c2nc(-c3ccc4c(c3)oc3ccccc34)nc(-c3ccc4c5ccccc5c5ccccc5c4c3)n2)c1-c1ccccc1O. The van der Waals surface area contributed by atoms with E-state index in [1.807, 2.05) is 83.4 Å². The van der Waals surface area contributed by atoms with Gasteiger partial charge in [-0.3, -0.25) is 4.57 Å². The van der Waals surface area contributed by atoms with Crippen LogP contribution >= 0.6 is 0 Å². The van der Waals surface area contributed by atoms with Gasteiger partial charge in [0.1, 0.15) is 22.7 Å². The highest BCUT2D eigenvalue weighted by molar-refractivity contribution is 6.25. The summed E-state index contributed by atoms with van der Waals surface area (Å²) in [6.45, 7) is 2.05. The summed E-state index contributed by atoms with van der Waals surface area (Å²) in [6, 6.07) is 59.5. The maximum Gasteiger partial charge on any atom is 0.240 e. The Hall–Kier alpha value is -8.16. The molecule has 7 heteroatoms. The van der Waals surface area contributed by atoms with Crippen molar-refractivity contribution in [2.45, 2.75) is 6.92 Å². The summed E-state index contributed by atoms with van der Waals surface area (Å²) < 4.78 is 8.38. The molecule has 7 nitrogen and oxygen atoms in total. The van der Waals surface area contributed by atoms with Crippen molar-refractivity contribution in [2.24, 2.45) is 0 Å². The molecule has 0 saturated heterocycles. The zero-order valence-corrected chi connectivity index (χ0v) is 32.3. The molecular weight excluding hydrogens is 739 g/mol. The zero-order chi connectivity index (χ0) is 39.9. The lowest BCUT2D eigenvalue weighted by molar-refractivity contribution is 0.477. The fourth-order valence-electron chi connectivity index (χ4n) is 8.94. The van der Waals surface area contributed by atoms with Crippen molar-refractivity contribution >= 4 is 65.3 Å². The number of rotatable bonds is 5. The molecule has 0 unspecified atom stereocenters. The summed E-state index contributed by atoms with van der Waals surface area (Å²) in [5.74, 6) is 2.27. The average Bonchev–Trinajstić information content (AvgIpc) is 3.88. The summed E-state index contributed by atoms with van der Waals surface area (Å²) >= 11 is 0. The predicted octanol–water partition coefficient (Wildman–Crippen LogP) is 13.3. The number of aromatic hydroxyl groups is 1. The fraction of sp³-hybridized carbons (Fsp3) is 0.0189. The first-order valence-corrected chi connectivity index (χ1v) is 19.9. The molecule has 0 spiro atoms. The lowest BCUT2D eigenvalue weighted by atomic mass is 9.93. The molecule has 0 aliphatic carbocycles. The van der Waals surface area contributed by atoms with Gasteiger partial charge in [0.25, 0.3) is 0 Å². The van der Waals surface area contributed by atoms with Gasteiger partial charge in [-0.1, -0.05) is 133 Å². The quantitative estimate of drug-likeness (QED) is 0.175. The summed E-state index contributed by atoms with van der Waals surface area (Å²) in [5, 5.41) is 20.3. The summed E-state index contributed by atoms with van der Waals surface area (Å²) in [4.78, 5) is 21.1. The van der Waals surface area contributed by atoms with Crippen LogP contribution in [0.25, 0.3) is 117 Å². The minimum absolute atomic E-state index is 0.193. The molecule has 60 heavy (non-hydrogen) atoms. The summed E-state index contributed by atoms with van der Waals surface area (Å²) in [7, 11) is 0. The molecule has 0 aliphatic heterocycles. The van der Waals surface area contributed by atoms with E-state index in [0.717, 1.165) is 82.5 Å². The van der Waals surface area contributed by atoms with Gasteiger partial charge in [-0.15, -0.1) is 0 Å². The number of hydrogen-bond acceptors (Lipinski definition) is 6. The number of imidazole rings is 1. The van der Waals surface area contributed by atoms with Crippen molar-refractivity contribution in [1.82, 2.24) is 24.5 Å². The van der Waals surface area contributed by atoms with Crippen LogP contribution in [0.5, 0.6) is 5.75 Å². The highest BCUT2D eigenvalue weighted by Crippen LogP contribution is 2.42. The fourth-order valence-corrected chi connectivity index (χ4v) is 8.94. The summed E-state index contributed by atoms with van der Waals surface area (Å²) in [5.41, 5.74) is 8.28. The number of benzene rings is 9. The van der Waals surface area contributed by atoms with E-state index in [4.69, 9.17) is 24.4 Å². The normalized spacial score (nSPS) is 11.8. The van der Waals surface area contributed by atoms with E-state index in [1.54, 1.807) is 6.07 Å². The van der Waals surface area contributed by atoms with Gasteiger partial charge in [0.2, 0.25) is 5.95 Å². The second kappa shape index (κ2) is 13.2. The molecule has 0 atom stereocenters. The lowest BCUT2D eigenvalue weighted by Gasteiger charge is -2.16. The van der Waals surface area contributed by atoms with Gasteiger partial charge < -0.3 is 9.52 Å². The number of fused-ring (bicyclic) bond motifs is 10. The Morgan fingerprint density at radius 1 is 0.450 bits per heavy atom. The minimum Gasteiger partial charge on any atom is -0.507 e. The van der Waals surface area contributed by atoms with E-state index < -0.39 is 0 Å². The first-order chi connectivity index (χ1) is 29.6. The first kappa shape index (κ1) is 33.9. The number of para-hydroxylation sites is 4. The molecule has 9 aromatic carbocycles. The van der Waals surface area contributed by atoms with Gasteiger partial charge in [-0.05, 0) is 92.8 Å². The largest absolute Gasteiger partial charge is 0.507 e. The Labute approximate surface area is 343 Å². The van der Waals surface area contributed by atoms with Crippen LogP contribution in [0.3, 0.4) is 0 Å². The van der Waals surface area contributed by atoms with Crippen LogP contribution in [0.1, 0.15) is 5.56 Å². The monoisotopic (exact) mass is 771 g/mol. The number of phenols is 1. The van der Waals surface area contributed by atoms with Crippen molar-refractivity contribution in [2.75, 3.05) is 0 Å². The molecule has 0 saturated carbocycles. The van der Waals surface area contributed by atoms with Crippen LogP contribution in [-0.4, -0.2) is 29.6 Å². The smallest absolute Gasteiger partial charge is 0.240 e. The summed E-state index contributed by atoms with van der Waals surface area (Å²) in [6.07, 6.45) is 0. The number of aromatic nitrogens is 5. The van der Waals surface area contributed by atoms with Gasteiger partial charge in [0, 0.05) is 33.0 Å². The zero-order valence-electron chi connectivity index (χ0n) is 32.3. The molecule has 12 rings (SSSR count). The van der Waals surface area contributed by atoms with Crippen LogP contribution in [0.2, 0.25) is 0 Å². The number of nitrogens with zero attached hydrogens (tertiary/aromatic N) is 5. The van der Waals surface area contributed by atoms with Crippen molar-refractivity contribution < 1.29 is 9.52 Å². The van der Waals surface area contributed by atoms with Crippen molar-refractivity contribution in [3.05, 3.63) is 181 Å². The van der Waals surface area contributed by atoms with E-state index >= 15 is 0 Å². The van der Waals surface area contributed by atoms with Crippen LogP contribution < -0.4 is 0 Å². The van der Waals surface area contributed by atoms with Crippen LogP contribution in [0, 0.1) is 6.92 Å². The molecule has 0 fully saturated rings. The Morgan fingerprint density at radius 2 is 1.02 bits per heavy atom. The molecule has 0 amide bonds. The van der Waals surface area contributed by atoms with Gasteiger partial charge in [-0.25, -0.2) is 9.97 Å². The third-order valence-electron chi connectivity index (χ3n) is 11.7. The molecule has 3 aromatic heterocycles. The molecule has 282 valence electrons. The number of furan rings is 1. The molecule has 0 radical (unpaired) electrons. The second-order valence-corrected chi connectivity index (χ2v) is 15.2. The minimum atomic E-state index is 0.193. The van der Waals surface area contributed by atoms with Crippen molar-refractivity contribution in [3.8, 4) is 57.0 Å². The highest BCUT2D eigenvalue weighted by Gasteiger charge is 2.24. The van der Waals surface area contributed by atoms with Crippen LogP contribution in [-0.2, 0) is 0 Å². The standard InChI is InChI=1S/C53H33N5O2/c1-31-13-12-20-42(49(31)41-19-6-10-23-46(41)59)52-54-44-21-8-9-22-45(44)58(52)53-56-50(55-51(57-53)33-26-28-40-39-18-7-11-24-47(39)60-48(40)30-33)32-25-27-38-36-16-3-2-14-34(36)35-15-4-5-17-37(35)43(38)29-32/h2-30,59H,1H3. The third kappa shape index (κ3) is 5.23. The van der Waals surface area contributed by atoms with Crippen molar-refractivity contribution in [3.63, 3.8) is 0 Å². The van der Waals surface area contributed by atoms with E-state index in [-0.39, 0.29) is 5.75 Å². The topological polar surface area (TPSA) is 89.9 Å². The van der Waals surface area contributed by atoms with Crippen molar-refractivity contribution in [1.29, 1.82) is 0 Å². The molecular formula is C53H33N5O2. The maximum absolute atomic E-state index is 11.2. The first-order valence-electron chi connectivity index (χ1n) is 19.9. The number of hydrogen-bond donors (Lipinski definition) is 1. The van der Waals surface area contributed by atoms with E-state index in [0.29, 0.717) is 23.4 Å². The van der Waals surface area contributed by atoms with E-state index in [1.165, 1.54) is 16.2 Å². The molecule has 3 heterocycles. The Bertz CT molecular complexity index is 3680. The van der Waals surface area contributed by atoms with E-state index in [9.17, 15) is 5.11 Å². The number of aryl methyl sites for hydroxylation is 1. The number of phenolic OH excluding ortho intramolecular Hbond substituents is 1. The van der Waals surface area contributed by atoms with Gasteiger partial charge >= 0.3 is 0 Å². The molecule has 12 aromatic rings. The van der Waals surface area contributed by atoms with Gasteiger partial charge in [0.05, 0.1) is 11.0 Å². The van der Waals surface area contributed by atoms with Crippen LogP contribution in [0.15, 0.2) is 180 Å². The van der Waals surface area contributed by atoms with Gasteiger partial charge in [0.15, 0.2) is 11.6 Å². The molecule has 1 N–H and O–H groups in total.